The zero-order chi connectivity index (χ0) is 13.0. The second-order valence-corrected chi connectivity index (χ2v) is 5.22. The van der Waals surface area contributed by atoms with Gasteiger partial charge in [-0.1, -0.05) is 0 Å². The Morgan fingerprint density at radius 1 is 1.61 bits per heavy atom. The summed E-state index contributed by atoms with van der Waals surface area (Å²) >= 11 is 0. The Kier molecular flexibility index (Phi) is 4.60. The van der Waals surface area contributed by atoms with Gasteiger partial charge in [0.15, 0.2) is 0 Å². The normalized spacial score (nSPS) is 22.9. The molecule has 1 saturated heterocycles. The number of likely N-dealkylation sites (tertiary alicyclic amines) is 1. The number of aromatic nitrogens is 2. The van der Waals surface area contributed by atoms with Gasteiger partial charge in [0.25, 0.3) is 0 Å². The van der Waals surface area contributed by atoms with E-state index in [0.717, 1.165) is 12.5 Å². The molecule has 0 aromatic carbocycles. The minimum Gasteiger partial charge on any atom is -0.383 e. The van der Waals surface area contributed by atoms with Crippen LogP contribution in [0.25, 0.3) is 0 Å². The standard InChI is InChI=1S/C13H24N4O/c1-11(10-18-3)15-13-14-6-8-17(13)12-5-4-7-16(2)9-12/h6,8,11-12H,4-5,7,9-10H2,1-3H3,(H,14,15). The van der Waals surface area contributed by atoms with E-state index in [4.69, 9.17) is 4.74 Å². The molecule has 1 N–H and O–H groups in total. The zero-order valence-corrected chi connectivity index (χ0v) is 11.6. The number of rotatable bonds is 5. The maximum Gasteiger partial charge on any atom is 0.203 e. The van der Waals surface area contributed by atoms with E-state index in [-0.39, 0.29) is 6.04 Å². The van der Waals surface area contributed by atoms with E-state index in [2.05, 4.69) is 39.9 Å². The molecule has 2 unspecified atom stereocenters. The summed E-state index contributed by atoms with van der Waals surface area (Å²) in [7, 11) is 3.91. The lowest BCUT2D eigenvalue weighted by Crippen LogP contribution is -2.34. The van der Waals surface area contributed by atoms with Crippen LogP contribution in [0.15, 0.2) is 12.4 Å². The van der Waals surface area contributed by atoms with Gasteiger partial charge in [0.05, 0.1) is 6.61 Å². The Bertz CT molecular complexity index is 366. The van der Waals surface area contributed by atoms with Crippen LogP contribution in [0.5, 0.6) is 0 Å². The monoisotopic (exact) mass is 252 g/mol. The minimum absolute atomic E-state index is 0.275. The van der Waals surface area contributed by atoms with E-state index in [0.29, 0.717) is 12.6 Å². The summed E-state index contributed by atoms with van der Waals surface area (Å²) < 4.78 is 7.41. The van der Waals surface area contributed by atoms with Crippen molar-refractivity contribution in [3.05, 3.63) is 12.4 Å². The van der Waals surface area contributed by atoms with Crippen LogP contribution in [0.4, 0.5) is 5.95 Å². The fourth-order valence-corrected chi connectivity index (χ4v) is 2.60. The molecule has 0 amide bonds. The lowest BCUT2D eigenvalue weighted by Gasteiger charge is -2.31. The van der Waals surface area contributed by atoms with Gasteiger partial charge < -0.3 is 19.5 Å². The van der Waals surface area contributed by atoms with Crippen molar-refractivity contribution < 1.29 is 4.74 Å². The van der Waals surface area contributed by atoms with E-state index in [1.54, 1.807) is 7.11 Å². The van der Waals surface area contributed by atoms with Crippen LogP contribution >= 0.6 is 0 Å². The number of anilines is 1. The van der Waals surface area contributed by atoms with Gasteiger partial charge in [0.2, 0.25) is 5.95 Å². The Morgan fingerprint density at radius 2 is 2.44 bits per heavy atom. The van der Waals surface area contributed by atoms with Crippen LogP contribution in [0, 0.1) is 0 Å². The Labute approximate surface area is 109 Å². The lowest BCUT2D eigenvalue weighted by atomic mass is 10.1. The van der Waals surface area contributed by atoms with Crippen LogP contribution in [0.1, 0.15) is 25.8 Å². The van der Waals surface area contributed by atoms with E-state index in [1.165, 1.54) is 19.4 Å². The van der Waals surface area contributed by atoms with Crippen molar-refractivity contribution in [3.8, 4) is 0 Å². The summed E-state index contributed by atoms with van der Waals surface area (Å²) in [6, 6.07) is 0.806. The molecule has 0 spiro atoms. The fourth-order valence-electron chi connectivity index (χ4n) is 2.60. The molecule has 0 saturated carbocycles. The highest BCUT2D eigenvalue weighted by Gasteiger charge is 2.21. The van der Waals surface area contributed by atoms with Crippen LogP contribution in [0.3, 0.4) is 0 Å². The van der Waals surface area contributed by atoms with Crippen molar-refractivity contribution in [2.24, 2.45) is 0 Å². The highest BCUT2D eigenvalue weighted by molar-refractivity contribution is 5.28. The number of nitrogens with zero attached hydrogens (tertiary/aromatic N) is 3. The van der Waals surface area contributed by atoms with Crippen LogP contribution in [-0.2, 0) is 4.74 Å². The third-order valence-electron chi connectivity index (χ3n) is 3.45. The quantitative estimate of drug-likeness (QED) is 0.864. The van der Waals surface area contributed by atoms with Crippen LogP contribution in [0.2, 0.25) is 0 Å². The van der Waals surface area contributed by atoms with Gasteiger partial charge in [-0.15, -0.1) is 0 Å². The largest absolute Gasteiger partial charge is 0.383 e. The number of piperidine rings is 1. The Balaban J connectivity index is 2.02. The molecule has 5 heteroatoms. The first-order valence-corrected chi connectivity index (χ1v) is 6.67. The van der Waals surface area contributed by atoms with Crippen molar-refractivity contribution in [1.82, 2.24) is 14.5 Å². The first-order valence-electron chi connectivity index (χ1n) is 6.67. The van der Waals surface area contributed by atoms with Gasteiger partial charge in [0.1, 0.15) is 0 Å². The summed E-state index contributed by atoms with van der Waals surface area (Å²) in [5.74, 6) is 0.958. The molecule has 1 aliphatic rings. The van der Waals surface area contributed by atoms with Gasteiger partial charge >= 0.3 is 0 Å². The highest BCUT2D eigenvalue weighted by atomic mass is 16.5. The van der Waals surface area contributed by atoms with Gasteiger partial charge in [-0.25, -0.2) is 4.98 Å². The van der Waals surface area contributed by atoms with E-state index in [1.807, 2.05) is 6.20 Å². The summed E-state index contributed by atoms with van der Waals surface area (Å²) in [5, 5.41) is 3.41. The summed E-state index contributed by atoms with van der Waals surface area (Å²) in [6.45, 7) is 5.10. The second kappa shape index (κ2) is 6.20. The van der Waals surface area contributed by atoms with Crippen LogP contribution in [-0.4, -0.2) is 54.3 Å². The van der Waals surface area contributed by atoms with Gasteiger partial charge in [0, 0.05) is 38.1 Å². The average Bonchev–Trinajstić information content (AvgIpc) is 2.77. The molecule has 1 aromatic rings. The predicted octanol–water partition coefficient (Wildman–Crippen LogP) is 1.60. The third-order valence-corrected chi connectivity index (χ3v) is 3.45. The number of likely N-dealkylation sites (N-methyl/N-ethyl adjacent to an activating group) is 1. The molecule has 1 aromatic heterocycles. The highest BCUT2D eigenvalue weighted by Crippen LogP contribution is 2.23. The van der Waals surface area contributed by atoms with Gasteiger partial charge in [-0.05, 0) is 33.4 Å². The van der Waals surface area contributed by atoms with Crippen molar-refractivity contribution in [2.75, 3.05) is 39.2 Å². The van der Waals surface area contributed by atoms with Crippen molar-refractivity contribution in [3.63, 3.8) is 0 Å². The first kappa shape index (κ1) is 13.4. The molecule has 102 valence electrons. The molecule has 1 fully saturated rings. The maximum atomic E-state index is 5.15. The number of methoxy groups -OCH3 is 1. The lowest BCUT2D eigenvalue weighted by molar-refractivity contribution is 0.189. The topological polar surface area (TPSA) is 42.3 Å². The molecule has 2 heterocycles. The summed E-state index contributed by atoms with van der Waals surface area (Å²) in [5.41, 5.74) is 0. The third kappa shape index (κ3) is 3.23. The predicted molar refractivity (Wildman–Crippen MR) is 73.0 cm³/mol. The second-order valence-electron chi connectivity index (χ2n) is 5.22. The Morgan fingerprint density at radius 3 is 3.17 bits per heavy atom. The van der Waals surface area contributed by atoms with Gasteiger partial charge in [-0.2, -0.15) is 0 Å². The van der Waals surface area contributed by atoms with E-state index >= 15 is 0 Å². The number of hydrogen-bond donors (Lipinski definition) is 1. The van der Waals surface area contributed by atoms with Crippen molar-refractivity contribution >= 4 is 5.95 Å². The zero-order valence-electron chi connectivity index (χ0n) is 11.6. The fraction of sp³-hybridized carbons (Fsp3) is 0.769. The molecule has 0 bridgehead atoms. The Hall–Kier alpha value is -1.07. The molecule has 2 atom stereocenters. The van der Waals surface area contributed by atoms with Crippen LogP contribution < -0.4 is 5.32 Å². The molecule has 0 aliphatic carbocycles. The molecular formula is C13H24N4O. The van der Waals surface area contributed by atoms with Gasteiger partial charge in [-0.3, -0.25) is 0 Å². The molecule has 1 aliphatic heterocycles. The van der Waals surface area contributed by atoms with E-state index in [9.17, 15) is 0 Å². The number of hydrogen-bond acceptors (Lipinski definition) is 4. The molecule has 18 heavy (non-hydrogen) atoms. The molecule has 5 nitrogen and oxygen atoms in total. The number of ether oxygens (including phenoxy) is 1. The molecule has 0 radical (unpaired) electrons. The molecule has 2 rings (SSSR count). The van der Waals surface area contributed by atoms with E-state index < -0.39 is 0 Å². The number of imidazole rings is 1. The summed E-state index contributed by atoms with van der Waals surface area (Å²) in [6.07, 6.45) is 6.43. The van der Waals surface area contributed by atoms with Crippen molar-refractivity contribution in [1.29, 1.82) is 0 Å². The first-order chi connectivity index (χ1) is 8.70. The SMILES string of the molecule is COCC(C)Nc1nccn1C1CCCN(C)C1. The maximum absolute atomic E-state index is 5.15. The van der Waals surface area contributed by atoms with Crippen molar-refractivity contribution in [2.45, 2.75) is 31.8 Å². The average molecular weight is 252 g/mol. The number of nitrogens with one attached hydrogen (secondary N) is 1. The minimum atomic E-state index is 0.275. The molecular weight excluding hydrogens is 228 g/mol. The summed E-state index contributed by atoms with van der Waals surface area (Å²) in [4.78, 5) is 6.80. The smallest absolute Gasteiger partial charge is 0.203 e.